The molecule has 2 unspecified atom stereocenters. The summed E-state index contributed by atoms with van der Waals surface area (Å²) in [7, 11) is 0. The lowest BCUT2D eigenvalue weighted by atomic mass is 9.83. The first-order chi connectivity index (χ1) is 21.0. The van der Waals surface area contributed by atoms with Crippen LogP contribution in [0.2, 0.25) is 5.02 Å². The van der Waals surface area contributed by atoms with Crippen LogP contribution in [0.1, 0.15) is 41.8 Å². The van der Waals surface area contributed by atoms with Crippen molar-refractivity contribution in [3.8, 4) is 11.3 Å². The molecule has 216 valence electrons. The molecule has 4 N–H and O–H groups in total. The van der Waals surface area contributed by atoms with E-state index in [1.165, 1.54) is 0 Å². The van der Waals surface area contributed by atoms with Crippen molar-refractivity contribution in [2.45, 2.75) is 24.8 Å². The number of nitrogens with one attached hydrogen (secondary N) is 4. The summed E-state index contributed by atoms with van der Waals surface area (Å²) in [5.74, 6) is 0.0901. The van der Waals surface area contributed by atoms with Gasteiger partial charge in [-0.15, -0.1) is 5.53 Å². The molecule has 0 radical (unpaired) electrons. The maximum atomic E-state index is 13.9. The second-order valence-electron chi connectivity index (χ2n) is 10.4. The predicted octanol–water partition coefficient (Wildman–Crippen LogP) is 5.10. The highest BCUT2D eigenvalue weighted by atomic mass is 35.5. The van der Waals surface area contributed by atoms with Gasteiger partial charge in [0.1, 0.15) is 12.2 Å². The average Bonchev–Trinajstić information content (AvgIpc) is 3.81. The SMILES string of the molecule is O=C(/C=C/c1cc(Cl)ccc1N1C=NNN1)N1CCCC(c2ccccc2)C1c1ncc(-c2ccc3[nH]c(=O)oc3c2)[nH]1. The van der Waals surface area contributed by atoms with E-state index in [-0.39, 0.29) is 17.9 Å². The number of hydrazine groups is 2. The van der Waals surface area contributed by atoms with Crippen LogP contribution in [0.15, 0.2) is 93.3 Å². The molecule has 2 aliphatic heterocycles. The molecule has 2 aromatic heterocycles. The Hall–Kier alpha value is -5.13. The number of aromatic nitrogens is 3. The van der Waals surface area contributed by atoms with Gasteiger partial charge in [0.25, 0.3) is 0 Å². The molecule has 3 aromatic carbocycles. The molecule has 12 heteroatoms. The topological polar surface area (TPSA) is 135 Å². The first kappa shape index (κ1) is 26.7. The van der Waals surface area contributed by atoms with Gasteiger partial charge in [-0.25, -0.2) is 20.3 Å². The Balaban J connectivity index is 1.23. The summed E-state index contributed by atoms with van der Waals surface area (Å²) in [6.45, 7) is 0.584. The van der Waals surface area contributed by atoms with E-state index in [0.29, 0.717) is 28.5 Å². The van der Waals surface area contributed by atoms with Gasteiger partial charge in [0.15, 0.2) is 5.58 Å². The number of benzene rings is 3. The van der Waals surface area contributed by atoms with Crippen molar-refractivity contribution in [1.82, 2.24) is 30.9 Å². The van der Waals surface area contributed by atoms with Gasteiger partial charge in [-0.3, -0.25) is 9.78 Å². The van der Waals surface area contributed by atoms with Crippen LogP contribution in [0.25, 0.3) is 28.4 Å². The van der Waals surface area contributed by atoms with Gasteiger partial charge >= 0.3 is 5.76 Å². The fourth-order valence-corrected chi connectivity index (χ4v) is 6.01. The first-order valence-electron chi connectivity index (χ1n) is 13.9. The van der Waals surface area contributed by atoms with E-state index in [9.17, 15) is 9.59 Å². The molecule has 0 spiro atoms. The lowest BCUT2D eigenvalue weighted by molar-refractivity contribution is -0.130. The van der Waals surface area contributed by atoms with Crippen LogP contribution in [0.5, 0.6) is 0 Å². The number of imidazole rings is 1. The first-order valence-corrected chi connectivity index (χ1v) is 14.3. The zero-order valence-electron chi connectivity index (χ0n) is 22.8. The normalized spacial score (nSPS) is 18.5. The number of piperidine rings is 1. The molecule has 0 aliphatic carbocycles. The van der Waals surface area contributed by atoms with Gasteiger partial charge in [0, 0.05) is 34.7 Å². The number of hydrogen-bond donors (Lipinski definition) is 4. The molecule has 0 saturated carbocycles. The van der Waals surface area contributed by atoms with Gasteiger partial charge in [0.2, 0.25) is 5.91 Å². The molecular formula is C31H27ClN8O3. The second-order valence-corrected chi connectivity index (χ2v) is 10.9. The van der Waals surface area contributed by atoms with Crippen LogP contribution in [-0.2, 0) is 4.79 Å². The standard InChI is InChI=1S/C31H27ClN8O3/c32-22-10-12-26(40-18-34-37-38-40)21(15-22)9-13-28(41)39-14-4-7-23(19-5-2-1-3-6-19)29(39)30-33-17-25(35-30)20-8-11-24-27(16-20)43-31(42)36-24/h1-3,5-6,8-13,15-18,23,29,37-38H,4,7,14H2,(H,33,35)(H,36,42)/b13-9+. The van der Waals surface area contributed by atoms with Crippen molar-refractivity contribution in [2.75, 3.05) is 11.6 Å². The Morgan fingerprint density at radius 1 is 1.07 bits per heavy atom. The van der Waals surface area contributed by atoms with Crippen LogP contribution in [-0.4, -0.2) is 38.6 Å². The van der Waals surface area contributed by atoms with Crippen LogP contribution in [0.3, 0.4) is 0 Å². The summed E-state index contributed by atoms with van der Waals surface area (Å²) >= 11 is 6.31. The molecule has 43 heavy (non-hydrogen) atoms. The Labute approximate surface area is 250 Å². The van der Waals surface area contributed by atoms with Gasteiger partial charge in [-0.05, 0) is 54.8 Å². The smallest absolute Gasteiger partial charge is 0.408 e. The summed E-state index contributed by atoms with van der Waals surface area (Å²) in [4.78, 5) is 38.4. The van der Waals surface area contributed by atoms with Crippen molar-refractivity contribution in [1.29, 1.82) is 0 Å². The Bertz CT molecular complexity index is 1910. The van der Waals surface area contributed by atoms with Crippen molar-refractivity contribution in [2.24, 2.45) is 5.10 Å². The molecule has 4 heterocycles. The summed E-state index contributed by atoms with van der Waals surface area (Å²) < 4.78 is 5.26. The lowest BCUT2D eigenvalue weighted by Gasteiger charge is -2.40. The summed E-state index contributed by atoms with van der Waals surface area (Å²) in [5, 5.41) is 6.23. The summed E-state index contributed by atoms with van der Waals surface area (Å²) in [5.41, 5.74) is 10.9. The lowest BCUT2D eigenvalue weighted by Crippen LogP contribution is -2.41. The fourth-order valence-electron chi connectivity index (χ4n) is 5.83. The maximum Gasteiger partial charge on any atom is 0.417 e. The van der Waals surface area contributed by atoms with E-state index >= 15 is 0 Å². The Morgan fingerprint density at radius 2 is 1.95 bits per heavy atom. The van der Waals surface area contributed by atoms with E-state index in [0.717, 1.165) is 40.9 Å². The van der Waals surface area contributed by atoms with Gasteiger partial charge in [0.05, 0.1) is 29.1 Å². The number of carbonyl (C=O) groups excluding carboxylic acids is 1. The number of anilines is 1. The number of carbonyl (C=O) groups is 1. The molecule has 7 rings (SSSR count). The molecule has 11 nitrogen and oxygen atoms in total. The van der Waals surface area contributed by atoms with Crippen molar-refractivity contribution < 1.29 is 9.21 Å². The Kier molecular flexibility index (Phi) is 7.01. The predicted molar refractivity (Wildman–Crippen MR) is 165 cm³/mol. The molecule has 5 aromatic rings. The number of hydrogen-bond acceptors (Lipinski definition) is 8. The zero-order valence-corrected chi connectivity index (χ0v) is 23.6. The highest BCUT2D eigenvalue weighted by Gasteiger charge is 2.37. The van der Waals surface area contributed by atoms with Crippen LogP contribution in [0, 0.1) is 0 Å². The molecule has 1 saturated heterocycles. The van der Waals surface area contributed by atoms with Crippen molar-refractivity contribution >= 4 is 46.7 Å². The summed E-state index contributed by atoms with van der Waals surface area (Å²) in [6, 6.07) is 20.8. The third-order valence-electron chi connectivity index (χ3n) is 7.81. The number of likely N-dealkylation sites (tertiary alicyclic amines) is 1. The van der Waals surface area contributed by atoms with Gasteiger partial charge in [-0.1, -0.05) is 48.0 Å². The second kappa shape index (κ2) is 11.3. The molecule has 1 amide bonds. The number of rotatable bonds is 6. The highest BCUT2D eigenvalue weighted by Crippen LogP contribution is 2.42. The number of aromatic amines is 2. The number of halogens is 1. The number of nitrogens with zero attached hydrogens (tertiary/aromatic N) is 4. The van der Waals surface area contributed by atoms with E-state index in [1.807, 2.05) is 35.2 Å². The minimum atomic E-state index is -0.501. The van der Waals surface area contributed by atoms with E-state index in [1.54, 1.807) is 54.0 Å². The van der Waals surface area contributed by atoms with E-state index in [4.69, 9.17) is 21.0 Å². The minimum absolute atomic E-state index is 0.0364. The summed E-state index contributed by atoms with van der Waals surface area (Å²) in [6.07, 6.45) is 8.48. The number of oxazole rings is 1. The number of hydrazone groups is 1. The monoisotopic (exact) mass is 594 g/mol. The van der Waals surface area contributed by atoms with E-state index < -0.39 is 5.76 Å². The molecule has 1 fully saturated rings. The van der Waals surface area contributed by atoms with E-state index in [2.05, 4.69) is 38.3 Å². The van der Waals surface area contributed by atoms with Gasteiger partial charge in [-0.2, -0.15) is 5.10 Å². The number of fused-ring (bicyclic) bond motifs is 1. The Morgan fingerprint density at radius 3 is 2.79 bits per heavy atom. The molecule has 2 atom stereocenters. The minimum Gasteiger partial charge on any atom is -0.408 e. The molecule has 2 aliphatic rings. The quantitative estimate of drug-likeness (QED) is 0.201. The third-order valence-corrected chi connectivity index (χ3v) is 8.05. The zero-order chi connectivity index (χ0) is 29.3. The van der Waals surface area contributed by atoms with Crippen LogP contribution >= 0.6 is 11.6 Å². The van der Waals surface area contributed by atoms with Crippen molar-refractivity contribution in [3.63, 3.8) is 0 Å². The number of amides is 1. The van der Waals surface area contributed by atoms with Crippen molar-refractivity contribution in [3.05, 3.63) is 112 Å². The molecular weight excluding hydrogens is 568 g/mol. The largest absolute Gasteiger partial charge is 0.417 e. The highest BCUT2D eigenvalue weighted by molar-refractivity contribution is 6.30. The molecule has 0 bridgehead atoms. The fraction of sp³-hybridized carbons (Fsp3) is 0.161. The maximum absolute atomic E-state index is 13.9. The van der Waals surface area contributed by atoms with Crippen LogP contribution in [0.4, 0.5) is 5.69 Å². The van der Waals surface area contributed by atoms with Crippen LogP contribution < -0.4 is 21.8 Å². The average molecular weight is 595 g/mol. The third kappa shape index (κ3) is 5.31. The van der Waals surface area contributed by atoms with Gasteiger partial charge < -0.3 is 14.3 Å². The number of H-pyrrole nitrogens is 2.